The number of nitrogens with zero attached hydrogens (tertiary/aromatic N) is 2. The van der Waals surface area contributed by atoms with E-state index in [4.69, 9.17) is 4.74 Å². The smallest absolute Gasteiger partial charge is 0.0739 e. The van der Waals surface area contributed by atoms with Crippen LogP contribution in [0.1, 0.15) is 37.7 Å². The summed E-state index contributed by atoms with van der Waals surface area (Å²) in [5, 5.41) is 8.07. The van der Waals surface area contributed by atoms with Gasteiger partial charge in [-0.3, -0.25) is 4.68 Å². The lowest BCUT2D eigenvalue weighted by atomic mass is 10.1. The molecular weight excluding hydrogens is 226 g/mol. The molecule has 1 aromatic heterocycles. The van der Waals surface area contributed by atoms with Crippen LogP contribution in [0.4, 0.5) is 0 Å². The third-order valence-electron chi connectivity index (χ3n) is 3.22. The second-order valence-corrected chi connectivity index (χ2v) is 5.40. The van der Waals surface area contributed by atoms with Crippen molar-refractivity contribution >= 4 is 0 Å². The Balaban J connectivity index is 2.68. The third kappa shape index (κ3) is 4.10. The van der Waals surface area contributed by atoms with Crippen molar-refractivity contribution in [1.29, 1.82) is 0 Å². The van der Waals surface area contributed by atoms with Gasteiger partial charge in [0.2, 0.25) is 0 Å². The maximum Gasteiger partial charge on any atom is 0.0739 e. The van der Waals surface area contributed by atoms with Crippen LogP contribution in [-0.4, -0.2) is 29.5 Å². The topological polar surface area (TPSA) is 39.1 Å². The Bertz CT molecular complexity index is 371. The fourth-order valence-electron chi connectivity index (χ4n) is 1.97. The van der Waals surface area contributed by atoms with E-state index >= 15 is 0 Å². The number of nitrogens with one attached hydrogen (secondary N) is 1. The predicted molar refractivity (Wildman–Crippen MR) is 74.7 cm³/mol. The molecule has 0 aromatic carbocycles. The Morgan fingerprint density at radius 2 is 1.94 bits per heavy atom. The minimum Gasteiger partial charge on any atom is -0.380 e. The lowest BCUT2D eigenvalue weighted by Gasteiger charge is -2.11. The molecule has 0 aliphatic heterocycles. The SMILES string of the molecule is COC(C)Cn1nc(C)c(CNCC(C)C)c1C. The lowest BCUT2D eigenvalue weighted by molar-refractivity contribution is 0.0991. The second kappa shape index (κ2) is 6.90. The molecule has 0 radical (unpaired) electrons. The van der Waals surface area contributed by atoms with E-state index in [2.05, 4.69) is 49.7 Å². The molecule has 0 saturated heterocycles. The van der Waals surface area contributed by atoms with Gasteiger partial charge >= 0.3 is 0 Å². The average Bonchev–Trinajstić information content (AvgIpc) is 2.56. The van der Waals surface area contributed by atoms with Crippen LogP contribution in [0.15, 0.2) is 0 Å². The second-order valence-electron chi connectivity index (χ2n) is 5.40. The summed E-state index contributed by atoms with van der Waals surface area (Å²) >= 11 is 0. The molecule has 0 spiro atoms. The van der Waals surface area contributed by atoms with Gasteiger partial charge in [0.25, 0.3) is 0 Å². The van der Waals surface area contributed by atoms with Crippen LogP contribution in [0, 0.1) is 19.8 Å². The standard InChI is InChI=1S/C14H27N3O/c1-10(2)7-15-8-14-12(4)16-17(13(14)5)9-11(3)18-6/h10-11,15H,7-9H2,1-6H3. The van der Waals surface area contributed by atoms with Gasteiger partial charge in [-0.2, -0.15) is 5.10 Å². The van der Waals surface area contributed by atoms with Crippen LogP contribution in [0.25, 0.3) is 0 Å². The number of aryl methyl sites for hydroxylation is 1. The molecule has 1 heterocycles. The van der Waals surface area contributed by atoms with E-state index in [9.17, 15) is 0 Å². The summed E-state index contributed by atoms with van der Waals surface area (Å²) in [5.41, 5.74) is 3.68. The molecule has 1 unspecified atom stereocenters. The van der Waals surface area contributed by atoms with E-state index in [0.29, 0.717) is 5.92 Å². The first-order chi connectivity index (χ1) is 8.45. The summed E-state index contributed by atoms with van der Waals surface area (Å²) in [6.45, 7) is 13.5. The van der Waals surface area contributed by atoms with Gasteiger partial charge in [-0.1, -0.05) is 13.8 Å². The fraction of sp³-hybridized carbons (Fsp3) is 0.786. The molecule has 0 fully saturated rings. The summed E-state index contributed by atoms with van der Waals surface area (Å²) in [6.07, 6.45) is 0.194. The van der Waals surface area contributed by atoms with Crippen molar-refractivity contribution in [3.05, 3.63) is 17.0 Å². The summed E-state index contributed by atoms with van der Waals surface area (Å²) in [4.78, 5) is 0. The molecule has 1 rings (SSSR count). The van der Waals surface area contributed by atoms with Gasteiger partial charge in [0.15, 0.2) is 0 Å². The quantitative estimate of drug-likeness (QED) is 0.810. The molecule has 1 atom stereocenters. The van der Waals surface area contributed by atoms with Crippen LogP contribution >= 0.6 is 0 Å². The zero-order valence-electron chi connectivity index (χ0n) is 12.6. The van der Waals surface area contributed by atoms with Gasteiger partial charge in [-0.25, -0.2) is 0 Å². The Labute approximate surface area is 111 Å². The molecule has 0 amide bonds. The highest BCUT2D eigenvalue weighted by atomic mass is 16.5. The molecule has 18 heavy (non-hydrogen) atoms. The molecule has 4 heteroatoms. The minimum absolute atomic E-state index is 0.194. The Morgan fingerprint density at radius 3 is 2.50 bits per heavy atom. The monoisotopic (exact) mass is 253 g/mol. The van der Waals surface area contributed by atoms with E-state index in [1.54, 1.807) is 7.11 Å². The largest absolute Gasteiger partial charge is 0.380 e. The number of hydrogen-bond donors (Lipinski definition) is 1. The molecule has 0 aliphatic rings. The van der Waals surface area contributed by atoms with Crippen LogP contribution in [0.5, 0.6) is 0 Å². The number of rotatable bonds is 7. The first-order valence-corrected chi connectivity index (χ1v) is 6.72. The van der Waals surface area contributed by atoms with Crippen LogP contribution in [-0.2, 0) is 17.8 Å². The van der Waals surface area contributed by atoms with Gasteiger partial charge < -0.3 is 10.1 Å². The molecule has 0 saturated carbocycles. The maximum absolute atomic E-state index is 5.29. The van der Waals surface area contributed by atoms with Gasteiger partial charge in [0, 0.05) is 24.9 Å². The van der Waals surface area contributed by atoms with Crippen molar-refractivity contribution in [1.82, 2.24) is 15.1 Å². The minimum atomic E-state index is 0.194. The zero-order valence-corrected chi connectivity index (χ0v) is 12.6. The van der Waals surface area contributed by atoms with Crippen LogP contribution in [0.2, 0.25) is 0 Å². The van der Waals surface area contributed by atoms with Gasteiger partial charge in [0.1, 0.15) is 0 Å². The number of aromatic nitrogens is 2. The summed E-state index contributed by atoms with van der Waals surface area (Å²) < 4.78 is 7.35. The van der Waals surface area contributed by atoms with Crippen molar-refractivity contribution < 1.29 is 4.74 Å². The molecule has 1 N–H and O–H groups in total. The summed E-state index contributed by atoms with van der Waals surface area (Å²) in [5.74, 6) is 0.675. The Kier molecular flexibility index (Phi) is 5.82. The number of hydrogen-bond acceptors (Lipinski definition) is 3. The highest BCUT2D eigenvalue weighted by molar-refractivity contribution is 5.24. The molecule has 4 nitrogen and oxygen atoms in total. The first kappa shape index (κ1) is 15.2. The van der Waals surface area contributed by atoms with E-state index in [0.717, 1.165) is 25.3 Å². The summed E-state index contributed by atoms with van der Waals surface area (Å²) in [7, 11) is 1.74. The van der Waals surface area contributed by atoms with Gasteiger partial charge in [0.05, 0.1) is 18.3 Å². The van der Waals surface area contributed by atoms with E-state index in [1.807, 2.05) is 0 Å². The Hall–Kier alpha value is -0.870. The molecular formula is C14H27N3O. The maximum atomic E-state index is 5.29. The van der Waals surface area contributed by atoms with E-state index < -0.39 is 0 Å². The van der Waals surface area contributed by atoms with E-state index in [-0.39, 0.29) is 6.10 Å². The van der Waals surface area contributed by atoms with Gasteiger partial charge in [-0.05, 0) is 33.2 Å². The van der Waals surface area contributed by atoms with E-state index in [1.165, 1.54) is 11.3 Å². The Morgan fingerprint density at radius 1 is 1.28 bits per heavy atom. The number of ether oxygens (including phenoxy) is 1. The third-order valence-corrected chi connectivity index (χ3v) is 3.22. The lowest BCUT2D eigenvalue weighted by Crippen LogP contribution is -2.20. The zero-order chi connectivity index (χ0) is 13.7. The number of methoxy groups -OCH3 is 1. The average molecular weight is 253 g/mol. The molecule has 0 bridgehead atoms. The molecule has 1 aromatic rings. The van der Waals surface area contributed by atoms with Crippen LogP contribution in [0.3, 0.4) is 0 Å². The van der Waals surface area contributed by atoms with Crippen molar-refractivity contribution in [3.8, 4) is 0 Å². The fourth-order valence-corrected chi connectivity index (χ4v) is 1.97. The predicted octanol–water partition coefficient (Wildman–Crippen LogP) is 2.28. The van der Waals surface area contributed by atoms with Crippen molar-refractivity contribution in [2.45, 2.75) is 53.8 Å². The molecule has 104 valence electrons. The summed E-state index contributed by atoms with van der Waals surface area (Å²) in [6, 6.07) is 0. The highest BCUT2D eigenvalue weighted by Crippen LogP contribution is 2.13. The molecule has 0 aliphatic carbocycles. The highest BCUT2D eigenvalue weighted by Gasteiger charge is 2.12. The van der Waals surface area contributed by atoms with Crippen molar-refractivity contribution in [2.24, 2.45) is 5.92 Å². The van der Waals surface area contributed by atoms with Gasteiger partial charge in [-0.15, -0.1) is 0 Å². The van der Waals surface area contributed by atoms with Crippen LogP contribution < -0.4 is 5.32 Å². The normalized spacial score (nSPS) is 13.3. The first-order valence-electron chi connectivity index (χ1n) is 6.72. The van der Waals surface area contributed by atoms with Crippen molar-refractivity contribution in [2.75, 3.05) is 13.7 Å². The van der Waals surface area contributed by atoms with Crippen molar-refractivity contribution in [3.63, 3.8) is 0 Å².